The van der Waals surface area contributed by atoms with Crippen molar-refractivity contribution in [2.24, 2.45) is 0 Å². The zero-order valence-corrected chi connectivity index (χ0v) is 16.9. The number of rotatable bonds is 5. The maximum Gasteiger partial charge on any atom is 0.325 e. The maximum absolute atomic E-state index is 13.9. The number of nitrogens with zero attached hydrogens (tertiary/aromatic N) is 2. The summed E-state index contributed by atoms with van der Waals surface area (Å²) < 4.78 is 45.9. The van der Waals surface area contributed by atoms with Crippen LogP contribution in [0.2, 0.25) is 0 Å². The van der Waals surface area contributed by atoms with Crippen LogP contribution in [0, 0.1) is 5.82 Å². The number of benzene rings is 1. The minimum atomic E-state index is -4.16. The van der Waals surface area contributed by atoms with Gasteiger partial charge in [-0.25, -0.2) is 17.8 Å². The Bertz CT molecular complexity index is 995. The number of anilines is 1. The molecule has 1 aliphatic rings. The number of amides is 1. The fourth-order valence-electron chi connectivity index (χ4n) is 2.32. The number of halogens is 2. The van der Waals surface area contributed by atoms with E-state index in [2.05, 4.69) is 25.6 Å². The van der Waals surface area contributed by atoms with Crippen LogP contribution in [0.3, 0.4) is 0 Å². The van der Waals surface area contributed by atoms with Crippen LogP contribution in [0.5, 0.6) is 0 Å². The van der Waals surface area contributed by atoms with Crippen LogP contribution in [0.4, 0.5) is 9.52 Å². The lowest BCUT2D eigenvalue weighted by atomic mass is 10.3. The molecule has 144 valence electrons. The number of hydrogen-bond acceptors (Lipinski definition) is 7. The van der Waals surface area contributed by atoms with E-state index in [0.29, 0.717) is 15.9 Å². The van der Waals surface area contributed by atoms with Gasteiger partial charge in [0.2, 0.25) is 5.91 Å². The van der Waals surface area contributed by atoms with E-state index >= 15 is 0 Å². The predicted octanol–water partition coefficient (Wildman–Crippen LogP) is 1.77. The molecule has 2 aromatic rings. The number of carbonyl (C=O) groups excluding carboxylic acids is 2. The number of hydrogen-bond donors (Lipinski definition) is 1. The molecule has 0 saturated carbocycles. The second-order valence-corrected chi connectivity index (χ2v) is 9.21. The van der Waals surface area contributed by atoms with Crippen molar-refractivity contribution < 1.29 is 27.1 Å². The molecule has 12 heteroatoms. The van der Waals surface area contributed by atoms with Crippen molar-refractivity contribution in [2.75, 3.05) is 24.4 Å². The number of esters is 1. The van der Waals surface area contributed by atoms with Gasteiger partial charge in [0.25, 0.3) is 10.0 Å². The summed E-state index contributed by atoms with van der Waals surface area (Å²) in [7, 11) is -4.16. The molecule has 1 aliphatic heterocycles. The van der Waals surface area contributed by atoms with Gasteiger partial charge < -0.3 is 9.64 Å². The van der Waals surface area contributed by atoms with Gasteiger partial charge in [-0.1, -0.05) is 15.9 Å². The Labute approximate surface area is 166 Å². The number of sulfonamides is 1. The number of aromatic nitrogens is 1. The predicted molar refractivity (Wildman–Crippen MR) is 98.3 cm³/mol. The van der Waals surface area contributed by atoms with E-state index in [1.807, 2.05) is 0 Å². The lowest BCUT2D eigenvalue weighted by molar-refractivity contribution is -0.156. The zero-order chi connectivity index (χ0) is 19.6. The van der Waals surface area contributed by atoms with Crippen LogP contribution >= 0.6 is 27.3 Å². The first-order valence-electron chi connectivity index (χ1n) is 7.60. The molecule has 1 aromatic heterocycles. The fourth-order valence-corrected chi connectivity index (χ4v) is 4.76. The normalized spacial score (nSPS) is 14.7. The average molecular weight is 478 g/mol. The Morgan fingerprint density at radius 2 is 2.22 bits per heavy atom. The Kier molecular flexibility index (Phi) is 5.77. The van der Waals surface area contributed by atoms with Gasteiger partial charge in [-0.3, -0.25) is 14.3 Å². The van der Waals surface area contributed by atoms with E-state index in [0.717, 1.165) is 23.5 Å². The largest absolute Gasteiger partial charge is 0.462 e. The second-order valence-electron chi connectivity index (χ2n) is 5.52. The Morgan fingerprint density at radius 1 is 1.44 bits per heavy atom. The van der Waals surface area contributed by atoms with Crippen LogP contribution < -0.4 is 4.72 Å². The molecule has 0 atom stereocenters. The van der Waals surface area contributed by atoms with Gasteiger partial charge in [0.05, 0.1) is 13.0 Å². The second kappa shape index (κ2) is 7.90. The molecule has 1 fully saturated rings. The average Bonchev–Trinajstić information content (AvgIpc) is 3.00. The minimum absolute atomic E-state index is 0.0122. The SMILES string of the molecule is O=C1CN(C(=O)Cc2cnc(NS(=O)(=O)c3ccc(Br)cc3F)s2)CCO1. The summed E-state index contributed by atoms with van der Waals surface area (Å²) in [6, 6.07) is 3.59. The van der Waals surface area contributed by atoms with Crippen LogP contribution in [0.25, 0.3) is 0 Å². The van der Waals surface area contributed by atoms with Crippen LogP contribution in [-0.2, 0) is 30.8 Å². The smallest absolute Gasteiger partial charge is 0.325 e. The lowest BCUT2D eigenvalue weighted by Gasteiger charge is -2.25. The van der Waals surface area contributed by atoms with E-state index in [9.17, 15) is 22.4 Å². The molecule has 0 spiro atoms. The quantitative estimate of drug-likeness (QED) is 0.657. The maximum atomic E-state index is 13.9. The summed E-state index contributed by atoms with van der Waals surface area (Å²) in [5, 5.41) is 0.0122. The first-order chi connectivity index (χ1) is 12.7. The molecule has 1 aromatic carbocycles. The molecule has 1 amide bonds. The highest BCUT2D eigenvalue weighted by atomic mass is 79.9. The van der Waals surface area contributed by atoms with Crippen molar-refractivity contribution in [3.63, 3.8) is 0 Å². The topological polar surface area (TPSA) is 106 Å². The molecule has 0 radical (unpaired) electrons. The summed E-state index contributed by atoms with van der Waals surface area (Å²) in [5.74, 6) is -1.66. The van der Waals surface area contributed by atoms with Crippen LogP contribution in [-0.4, -0.2) is 49.9 Å². The summed E-state index contributed by atoms with van der Waals surface area (Å²) in [5.41, 5.74) is 0. The summed E-state index contributed by atoms with van der Waals surface area (Å²) in [6.07, 6.45) is 1.33. The zero-order valence-electron chi connectivity index (χ0n) is 13.6. The van der Waals surface area contributed by atoms with Crippen LogP contribution in [0.15, 0.2) is 33.8 Å². The van der Waals surface area contributed by atoms with Crippen molar-refractivity contribution in [3.8, 4) is 0 Å². The number of nitrogens with one attached hydrogen (secondary N) is 1. The molecule has 0 unspecified atom stereocenters. The molecule has 0 bridgehead atoms. The third-order valence-electron chi connectivity index (χ3n) is 3.58. The third kappa shape index (κ3) is 4.82. The van der Waals surface area contributed by atoms with Gasteiger partial charge in [0, 0.05) is 15.5 Å². The monoisotopic (exact) mass is 477 g/mol. The van der Waals surface area contributed by atoms with Crippen molar-refractivity contribution >= 4 is 54.3 Å². The minimum Gasteiger partial charge on any atom is -0.462 e. The van der Waals surface area contributed by atoms with Gasteiger partial charge in [0.1, 0.15) is 23.9 Å². The van der Waals surface area contributed by atoms with E-state index in [-0.39, 0.29) is 30.6 Å². The third-order valence-corrected chi connectivity index (χ3v) is 6.49. The highest BCUT2D eigenvalue weighted by molar-refractivity contribution is 9.10. The molecule has 8 nitrogen and oxygen atoms in total. The van der Waals surface area contributed by atoms with Gasteiger partial charge in [0.15, 0.2) is 5.13 Å². The molecule has 1 saturated heterocycles. The van der Waals surface area contributed by atoms with Crippen molar-refractivity contribution in [1.82, 2.24) is 9.88 Å². The van der Waals surface area contributed by atoms with Crippen molar-refractivity contribution in [3.05, 3.63) is 39.6 Å². The Hall–Kier alpha value is -2.05. The first-order valence-corrected chi connectivity index (χ1v) is 10.7. The highest BCUT2D eigenvalue weighted by Crippen LogP contribution is 2.25. The van der Waals surface area contributed by atoms with Gasteiger partial charge in [-0.2, -0.15) is 0 Å². The number of morpholine rings is 1. The van der Waals surface area contributed by atoms with Crippen molar-refractivity contribution in [2.45, 2.75) is 11.3 Å². The number of thiazole rings is 1. The number of ether oxygens (including phenoxy) is 1. The molecule has 0 aliphatic carbocycles. The van der Waals surface area contributed by atoms with Gasteiger partial charge in [-0.15, -0.1) is 11.3 Å². The standard InChI is InChI=1S/C15H13BrFN3O5S2/c16-9-1-2-12(11(17)5-9)27(23,24)19-15-18-7-10(26-15)6-13(21)20-3-4-25-14(22)8-20/h1-2,5,7H,3-4,6,8H2,(H,18,19). The Balaban J connectivity index is 1.68. The van der Waals surface area contributed by atoms with Gasteiger partial charge in [-0.05, 0) is 18.2 Å². The molecular weight excluding hydrogens is 465 g/mol. The van der Waals surface area contributed by atoms with Gasteiger partial charge >= 0.3 is 5.97 Å². The first kappa shape index (κ1) is 19.7. The highest BCUT2D eigenvalue weighted by Gasteiger charge is 2.24. The molecule has 27 heavy (non-hydrogen) atoms. The Morgan fingerprint density at radius 3 is 2.93 bits per heavy atom. The van der Waals surface area contributed by atoms with Crippen molar-refractivity contribution in [1.29, 1.82) is 0 Å². The number of carbonyl (C=O) groups is 2. The fraction of sp³-hybridized carbons (Fsp3) is 0.267. The summed E-state index contributed by atoms with van der Waals surface area (Å²) in [6.45, 7) is 0.350. The summed E-state index contributed by atoms with van der Waals surface area (Å²) in [4.78, 5) is 28.7. The molecule has 1 N–H and O–H groups in total. The van der Waals surface area contributed by atoms with E-state index in [1.54, 1.807) is 0 Å². The van der Waals surface area contributed by atoms with Crippen LogP contribution in [0.1, 0.15) is 4.88 Å². The molecule has 3 rings (SSSR count). The molecule has 2 heterocycles. The molecular formula is C15H13BrFN3O5S2. The van der Waals surface area contributed by atoms with E-state index in [4.69, 9.17) is 4.74 Å². The summed E-state index contributed by atoms with van der Waals surface area (Å²) >= 11 is 4.02. The lowest BCUT2D eigenvalue weighted by Crippen LogP contribution is -2.44. The number of cyclic esters (lactones) is 1. The van der Waals surface area contributed by atoms with E-state index < -0.39 is 26.7 Å². The van der Waals surface area contributed by atoms with E-state index in [1.165, 1.54) is 17.2 Å².